The average molecular weight is 548 g/mol. The number of anilines is 1. The number of ether oxygens (including phenoxy) is 2. The molecule has 3 amide bonds. The standard InChI is InChI=1S/C28H32F3N3O5/c1-26(2,3)39-25(37)33-27(15-6-16-27)24(36)32-21-14-11-19-7-4-5-8-22(19)34(23(21)35)17-18-9-12-20(13-10-18)38-28(29,30)31/h4-5,7-10,12-13,21H,6,11,14-17H2,1-3H3,(H,32,36)(H,33,37). The van der Waals surface area contributed by atoms with Crippen LogP contribution in [0, 0.1) is 0 Å². The fourth-order valence-electron chi connectivity index (χ4n) is 4.73. The lowest BCUT2D eigenvalue weighted by Gasteiger charge is -2.41. The molecular formula is C28H32F3N3O5. The average Bonchev–Trinajstić information content (AvgIpc) is 2.93. The van der Waals surface area contributed by atoms with Crippen LogP contribution in [0.5, 0.6) is 5.75 Å². The van der Waals surface area contributed by atoms with E-state index in [2.05, 4.69) is 15.4 Å². The molecule has 210 valence electrons. The Morgan fingerprint density at radius 3 is 2.31 bits per heavy atom. The lowest BCUT2D eigenvalue weighted by molar-refractivity contribution is -0.274. The van der Waals surface area contributed by atoms with Gasteiger partial charge in [-0.25, -0.2) is 4.79 Å². The van der Waals surface area contributed by atoms with Gasteiger partial charge in [-0.15, -0.1) is 13.2 Å². The minimum atomic E-state index is -4.80. The fourth-order valence-corrected chi connectivity index (χ4v) is 4.73. The van der Waals surface area contributed by atoms with E-state index in [9.17, 15) is 27.6 Å². The van der Waals surface area contributed by atoms with Crippen LogP contribution in [0.3, 0.4) is 0 Å². The number of hydrogen-bond donors (Lipinski definition) is 2. The topological polar surface area (TPSA) is 97.0 Å². The van der Waals surface area contributed by atoms with Gasteiger partial charge in [-0.2, -0.15) is 0 Å². The number of benzene rings is 2. The second kappa shape index (κ2) is 10.8. The molecule has 1 aliphatic carbocycles. The van der Waals surface area contributed by atoms with Crippen LogP contribution in [0.25, 0.3) is 0 Å². The molecule has 4 rings (SSSR count). The maximum atomic E-state index is 13.8. The summed E-state index contributed by atoms with van der Waals surface area (Å²) in [5, 5.41) is 5.57. The largest absolute Gasteiger partial charge is 0.573 e. The zero-order chi connectivity index (χ0) is 28.4. The van der Waals surface area contributed by atoms with Crippen LogP contribution >= 0.6 is 0 Å². The number of halogens is 3. The van der Waals surface area contributed by atoms with Gasteiger partial charge in [0.05, 0.1) is 6.54 Å². The third kappa shape index (κ3) is 7.01. The first-order chi connectivity index (χ1) is 18.2. The first-order valence-corrected chi connectivity index (χ1v) is 12.8. The minimum Gasteiger partial charge on any atom is -0.444 e. The van der Waals surface area contributed by atoms with Crippen molar-refractivity contribution in [2.24, 2.45) is 0 Å². The van der Waals surface area contributed by atoms with E-state index in [0.29, 0.717) is 36.9 Å². The third-order valence-electron chi connectivity index (χ3n) is 6.73. The number of carbonyl (C=O) groups is 3. The van der Waals surface area contributed by atoms with Crippen LogP contribution < -0.4 is 20.3 Å². The Kier molecular flexibility index (Phi) is 7.81. The van der Waals surface area contributed by atoms with E-state index in [4.69, 9.17) is 4.74 Å². The number of hydrogen-bond acceptors (Lipinski definition) is 5. The maximum absolute atomic E-state index is 13.8. The van der Waals surface area contributed by atoms with Crippen LogP contribution in [0.1, 0.15) is 57.6 Å². The number of rotatable bonds is 6. The van der Waals surface area contributed by atoms with Gasteiger partial charge in [0.1, 0.15) is 22.9 Å². The second-order valence-electron chi connectivity index (χ2n) is 10.9. The third-order valence-corrected chi connectivity index (χ3v) is 6.73. The Labute approximate surface area is 224 Å². The van der Waals surface area contributed by atoms with Gasteiger partial charge in [0.2, 0.25) is 11.8 Å². The number of carbonyl (C=O) groups excluding carboxylic acids is 3. The highest BCUT2D eigenvalue weighted by Crippen LogP contribution is 2.34. The van der Waals surface area contributed by atoms with E-state index < -0.39 is 35.5 Å². The summed E-state index contributed by atoms with van der Waals surface area (Å²) in [7, 11) is 0. The summed E-state index contributed by atoms with van der Waals surface area (Å²) >= 11 is 0. The molecule has 0 bridgehead atoms. The van der Waals surface area contributed by atoms with E-state index >= 15 is 0 Å². The first kappa shape index (κ1) is 28.3. The van der Waals surface area contributed by atoms with Gasteiger partial charge >= 0.3 is 12.5 Å². The predicted molar refractivity (Wildman–Crippen MR) is 137 cm³/mol. The zero-order valence-electron chi connectivity index (χ0n) is 22.1. The number of para-hydroxylation sites is 1. The lowest BCUT2D eigenvalue weighted by atomic mass is 9.76. The van der Waals surface area contributed by atoms with E-state index in [-0.39, 0.29) is 18.2 Å². The van der Waals surface area contributed by atoms with E-state index in [0.717, 1.165) is 12.0 Å². The molecule has 2 aromatic rings. The number of nitrogens with zero attached hydrogens (tertiary/aromatic N) is 1. The molecule has 0 aromatic heterocycles. The normalized spacial score (nSPS) is 18.8. The summed E-state index contributed by atoms with van der Waals surface area (Å²) in [6.45, 7) is 5.27. The summed E-state index contributed by atoms with van der Waals surface area (Å²) in [6.07, 6.45) is -3.04. The highest BCUT2D eigenvalue weighted by Gasteiger charge is 2.47. The molecule has 0 spiro atoms. The Hall–Kier alpha value is -3.76. The molecule has 39 heavy (non-hydrogen) atoms. The molecule has 1 saturated carbocycles. The molecule has 2 N–H and O–H groups in total. The van der Waals surface area contributed by atoms with Gasteiger partial charge in [0.25, 0.3) is 0 Å². The predicted octanol–water partition coefficient (Wildman–Crippen LogP) is 5.00. The monoisotopic (exact) mass is 547 g/mol. The van der Waals surface area contributed by atoms with E-state index in [1.54, 1.807) is 32.9 Å². The molecule has 1 heterocycles. The highest BCUT2D eigenvalue weighted by atomic mass is 19.4. The number of alkyl carbamates (subject to hydrolysis) is 1. The molecular weight excluding hydrogens is 515 g/mol. The van der Waals surface area contributed by atoms with Gasteiger partial charge in [0, 0.05) is 5.69 Å². The molecule has 8 nitrogen and oxygen atoms in total. The van der Waals surface area contributed by atoms with Crippen molar-refractivity contribution >= 4 is 23.6 Å². The van der Waals surface area contributed by atoms with Gasteiger partial charge in [-0.1, -0.05) is 30.3 Å². The van der Waals surface area contributed by atoms with Crippen molar-refractivity contribution in [1.29, 1.82) is 0 Å². The summed E-state index contributed by atoms with van der Waals surface area (Å²) < 4.78 is 46.9. The lowest BCUT2D eigenvalue weighted by Crippen LogP contribution is -2.65. The van der Waals surface area contributed by atoms with Crippen molar-refractivity contribution in [2.75, 3.05) is 4.90 Å². The summed E-state index contributed by atoms with van der Waals surface area (Å²) in [4.78, 5) is 41.1. The zero-order valence-corrected chi connectivity index (χ0v) is 22.1. The Morgan fingerprint density at radius 1 is 1.05 bits per heavy atom. The van der Waals surface area contributed by atoms with E-state index in [1.807, 2.05) is 12.1 Å². The van der Waals surface area contributed by atoms with Crippen LogP contribution in [-0.4, -0.2) is 41.5 Å². The van der Waals surface area contributed by atoms with Crippen LogP contribution in [0.4, 0.5) is 23.7 Å². The molecule has 2 aromatic carbocycles. The Balaban J connectivity index is 1.52. The van der Waals surface area contributed by atoms with Crippen molar-refractivity contribution < 1.29 is 37.0 Å². The van der Waals surface area contributed by atoms with Crippen molar-refractivity contribution in [1.82, 2.24) is 10.6 Å². The number of alkyl halides is 3. The molecule has 1 unspecified atom stereocenters. The smallest absolute Gasteiger partial charge is 0.444 e. The van der Waals surface area contributed by atoms with Crippen molar-refractivity contribution in [3.8, 4) is 5.75 Å². The molecule has 11 heteroatoms. The van der Waals surface area contributed by atoms with Crippen molar-refractivity contribution in [2.45, 2.75) is 83.0 Å². The summed E-state index contributed by atoms with van der Waals surface area (Å²) in [5.74, 6) is -1.16. The Bertz CT molecular complexity index is 1220. The SMILES string of the molecule is CC(C)(C)OC(=O)NC1(C(=O)NC2CCc3ccccc3N(Cc3ccc(OC(F)(F)F)cc3)C2=O)CCC1. The van der Waals surface area contributed by atoms with Gasteiger partial charge < -0.3 is 25.0 Å². The fraction of sp³-hybridized carbons (Fsp3) is 0.464. The summed E-state index contributed by atoms with van der Waals surface area (Å²) in [5.41, 5.74) is 0.277. The molecule has 1 atom stereocenters. The van der Waals surface area contributed by atoms with Crippen molar-refractivity contribution in [3.63, 3.8) is 0 Å². The maximum Gasteiger partial charge on any atom is 0.573 e. The van der Waals surface area contributed by atoms with Gasteiger partial charge in [-0.05, 0) is 82.2 Å². The quantitative estimate of drug-likeness (QED) is 0.531. The molecule has 1 fully saturated rings. The minimum absolute atomic E-state index is 0.0792. The molecule has 0 saturated heterocycles. The number of amides is 3. The van der Waals surface area contributed by atoms with Gasteiger partial charge in [-0.3, -0.25) is 9.59 Å². The number of nitrogens with one attached hydrogen (secondary N) is 2. The van der Waals surface area contributed by atoms with Crippen LogP contribution in [0.2, 0.25) is 0 Å². The van der Waals surface area contributed by atoms with Crippen LogP contribution in [-0.2, 0) is 27.3 Å². The molecule has 1 aliphatic heterocycles. The second-order valence-corrected chi connectivity index (χ2v) is 10.9. The van der Waals surface area contributed by atoms with E-state index in [1.165, 1.54) is 29.2 Å². The van der Waals surface area contributed by atoms with Gasteiger partial charge in [0.15, 0.2) is 0 Å². The first-order valence-electron chi connectivity index (χ1n) is 12.8. The molecule has 2 aliphatic rings. The molecule has 0 radical (unpaired) electrons. The number of fused-ring (bicyclic) bond motifs is 1. The summed E-state index contributed by atoms with van der Waals surface area (Å²) in [6, 6.07) is 11.8. The van der Waals surface area contributed by atoms with Crippen LogP contribution in [0.15, 0.2) is 48.5 Å². The Morgan fingerprint density at radius 2 is 1.72 bits per heavy atom. The van der Waals surface area contributed by atoms with Crippen molar-refractivity contribution in [3.05, 3.63) is 59.7 Å². The highest BCUT2D eigenvalue weighted by molar-refractivity contribution is 6.02. The number of aryl methyl sites for hydroxylation is 1.